The van der Waals surface area contributed by atoms with Gasteiger partial charge in [0, 0.05) is 18.8 Å². The van der Waals surface area contributed by atoms with Crippen molar-refractivity contribution in [3.05, 3.63) is 88.7 Å². The molecule has 0 saturated carbocycles. The van der Waals surface area contributed by atoms with E-state index in [-0.39, 0.29) is 17.1 Å². The number of nitrogens with one attached hydrogen (secondary N) is 2. The lowest BCUT2D eigenvalue weighted by atomic mass is 9.95. The van der Waals surface area contributed by atoms with E-state index < -0.39 is 40.0 Å². The Kier molecular flexibility index (Phi) is 7.41. The molecule has 188 valence electrons. The fourth-order valence-electron chi connectivity index (χ4n) is 4.00. The SMILES string of the molecule is COC(=O)c1cccc(-c2cccc(C3CC(C(=O)Nc4ccc(F)c(Cl)c4)N(C)S(=O)(=O)N3)c2)c1. The predicted octanol–water partition coefficient (Wildman–Crippen LogP) is 4.15. The van der Waals surface area contributed by atoms with Crippen LogP contribution < -0.4 is 10.0 Å². The molecular formula is C25H23ClFN3O5S. The summed E-state index contributed by atoms with van der Waals surface area (Å²) in [6, 6.07) is 16.1. The molecule has 0 aliphatic carbocycles. The van der Waals surface area contributed by atoms with Crippen LogP contribution in [0, 0.1) is 5.82 Å². The summed E-state index contributed by atoms with van der Waals surface area (Å²) in [5.41, 5.74) is 2.80. The van der Waals surface area contributed by atoms with Gasteiger partial charge >= 0.3 is 5.97 Å². The van der Waals surface area contributed by atoms with Crippen molar-refractivity contribution < 1.29 is 27.1 Å². The van der Waals surface area contributed by atoms with Crippen LogP contribution in [0.4, 0.5) is 10.1 Å². The first kappa shape index (κ1) is 25.8. The lowest BCUT2D eigenvalue weighted by Crippen LogP contribution is -2.55. The standard InChI is InChI=1S/C25H23ClFN3O5S/c1-30-23(24(31)28-19-9-10-21(27)20(26)13-19)14-22(29-36(30,33)34)17-7-3-5-15(11-17)16-6-4-8-18(12-16)25(32)35-2/h3-13,22-23,29H,14H2,1-2H3,(H,28,31). The van der Waals surface area contributed by atoms with Crippen molar-refractivity contribution in [2.75, 3.05) is 19.5 Å². The third-order valence-corrected chi connectivity index (χ3v) is 7.85. The van der Waals surface area contributed by atoms with E-state index in [0.717, 1.165) is 21.5 Å². The molecule has 3 aromatic carbocycles. The summed E-state index contributed by atoms with van der Waals surface area (Å²) in [4.78, 5) is 24.9. The van der Waals surface area contributed by atoms with Crippen LogP contribution in [-0.2, 0) is 19.7 Å². The average Bonchev–Trinajstić information content (AvgIpc) is 2.87. The minimum absolute atomic E-state index is 0.141. The van der Waals surface area contributed by atoms with Crippen LogP contribution in [0.3, 0.4) is 0 Å². The second-order valence-corrected chi connectivity index (χ2v) is 10.4. The average molecular weight is 532 g/mol. The van der Waals surface area contributed by atoms with Crippen LogP contribution in [0.5, 0.6) is 0 Å². The van der Waals surface area contributed by atoms with E-state index in [0.29, 0.717) is 11.1 Å². The number of esters is 1. The molecule has 11 heteroatoms. The first-order valence-electron chi connectivity index (χ1n) is 10.9. The molecule has 1 amide bonds. The van der Waals surface area contributed by atoms with Gasteiger partial charge in [-0.05, 0) is 59.5 Å². The molecule has 1 saturated heterocycles. The number of carbonyl (C=O) groups excluding carboxylic acids is 2. The first-order valence-corrected chi connectivity index (χ1v) is 12.7. The quantitative estimate of drug-likeness (QED) is 0.481. The number of hydrogen-bond donors (Lipinski definition) is 2. The number of amides is 1. The van der Waals surface area contributed by atoms with Crippen molar-refractivity contribution in [3.8, 4) is 11.1 Å². The molecule has 0 radical (unpaired) electrons. The van der Waals surface area contributed by atoms with E-state index in [4.69, 9.17) is 16.3 Å². The Bertz CT molecular complexity index is 1430. The van der Waals surface area contributed by atoms with Gasteiger partial charge in [0.25, 0.3) is 10.2 Å². The number of halogens is 2. The van der Waals surface area contributed by atoms with Crippen LogP contribution in [0.25, 0.3) is 11.1 Å². The van der Waals surface area contributed by atoms with Crippen molar-refractivity contribution >= 4 is 39.4 Å². The van der Waals surface area contributed by atoms with Gasteiger partial charge in [-0.3, -0.25) is 4.79 Å². The van der Waals surface area contributed by atoms with Crippen molar-refractivity contribution in [1.29, 1.82) is 0 Å². The van der Waals surface area contributed by atoms with Crippen molar-refractivity contribution in [3.63, 3.8) is 0 Å². The van der Waals surface area contributed by atoms with Crippen molar-refractivity contribution in [2.24, 2.45) is 0 Å². The van der Waals surface area contributed by atoms with Gasteiger partial charge in [-0.1, -0.05) is 41.9 Å². The molecule has 1 aliphatic rings. The third kappa shape index (κ3) is 5.41. The van der Waals surface area contributed by atoms with Crippen LogP contribution in [0.15, 0.2) is 66.7 Å². The summed E-state index contributed by atoms with van der Waals surface area (Å²) in [5.74, 6) is -1.67. The fraction of sp³-hybridized carbons (Fsp3) is 0.200. The van der Waals surface area contributed by atoms with E-state index >= 15 is 0 Å². The molecule has 2 N–H and O–H groups in total. The highest BCUT2D eigenvalue weighted by Crippen LogP contribution is 2.31. The summed E-state index contributed by atoms with van der Waals surface area (Å²) in [7, 11) is -1.36. The maximum Gasteiger partial charge on any atom is 0.337 e. The summed E-state index contributed by atoms with van der Waals surface area (Å²) in [6.07, 6.45) is 0.141. The number of nitrogens with zero attached hydrogens (tertiary/aromatic N) is 1. The second kappa shape index (κ2) is 10.4. The zero-order valence-electron chi connectivity index (χ0n) is 19.4. The molecule has 0 bridgehead atoms. The highest BCUT2D eigenvalue weighted by atomic mass is 35.5. The molecule has 1 fully saturated rings. The molecule has 0 aromatic heterocycles. The molecule has 36 heavy (non-hydrogen) atoms. The lowest BCUT2D eigenvalue weighted by molar-refractivity contribution is -0.120. The van der Waals surface area contributed by atoms with Crippen LogP contribution in [-0.4, -0.2) is 44.8 Å². The van der Waals surface area contributed by atoms with Crippen molar-refractivity contribution in [2.45, 2.75) is 18.5 Å². The minimum atomic E-state index is -3.98. The number of hydrogen-bond acceptors (Lipinski definition) is 5. The van der Waals surface area contributed by atoms with Gasteiger partial charge in [-0.25, -0.2) is 9.18 Å². The molecule has 4 rings (SSSR count). The number of rotatable bonds is 5. The van der Waals surface area contributed by atoms with Crippen LogP contribution in [0.2, 0.25) is 5.02 Å². The summed E-state index contributed by atoms with van der Waals surface area (Å²) >= 11 is 5.79. The highest BCUT2D eigenvalue weighted by Gasteiger charge is 2.40. The molecule has 1 aliphatic heterocycles. The van der Waals surface area contributed by atoms with E-state index in [9.17, 15) is 22.4 Å². The van der Waals surface area contributed by atoms with Crippen molar-refractivity contribution in [1.82, 2.24) is 9.03 Å². The second-order valence-electron chi connectivity index (χ2n) is 8.26. The predicted molar refractivity (Wildman–Crippen MR) is 134 cm³/mol. The summed E-state index contributed by atoms with van der Waals surface area (Å²) < 4.78 is 47.5. The number of carbonyl (C=O) groups is 2. The number of anilines is 1. The molecule has 3 aromatic rings. The molecular weight excluding hydrogens is 509 g/mol. The molecule has 2 atom stereocenters. The topological polar surface area (TPSA) is 105 Å². The van der Waals surface area contributed by atoms with Gasteiger partial charge < -0.3 is 10.1 Å². The van der Waals surface area contributed by atoms with Gasteiger partial charge in [0.05, 0.1) is 17.7 Å². The Hall–Kier alpha value is -3.31. The Labute approximate surface area is 213 Å². The Balaban J connectivity index is 1.61. The summed E-state index contributed by atoms with van der Waals surface area (Å²) in [6.45, 7) is 0. The van der Waals surface area contributed by atoms with Crippen LogP contribution >= 0.6 is 11.6 Å². The van der Waals surface area contributed by atoms with Gasteiger partial charge in [-0.15, -0.1) is 0 Å². The Morgan fingerprint density at radius 1 is 1.08 bits per heavy atom. The summed E-state index contributed by atoms with van der Waals surface area (Å²) in [5, 5.41) is 2.45. The third-order valence-electron chi connectivity index (χ3n) is 5.96. The molecule has 2 unspecified atom stereocenters. The zero-order valence-corrected chi connectivity index (χ0v) is 20.9. The number of methoxy groups -OCH3 is 1. The van der Waals surface area contributed by atoms with E-state index in [1.54, 1.807) is 30.3 Å². The normalized spacial score (nSPS) is 19.4. The molecule has 1 heterocycles. The van der Waals surface area contributed by atoms with E-state index in [1.165, 1.54) is 26.3 Å². The molecule has 0 spiro atoms. The highest BCUT2D eigenvalue weighted by molar-refractivity contribution is 7.87. The monoisotopic (exact) mass is 531 g/mol. The van der Waals surface area contributed by atoms with Gasteiger partial charge in [0.2, 0.25) is 5.91 Å². The Morgan fingerprint density at radius 2 is 1.78 bits per heavy atom. The maximum atomic E-state index is 13.5. The first-order chi connectivity index (χ1) is 17.1. The maximum absolute atomic E-state index is 13.5. The van der Waals surface area contributed by atoms with Gasteiger partial charge in [0.1, 0.15) is 11.9 Å². The smallest absolute Gasteiger partial charge is 0.337 e. The van der Waals surface area contributed by atoms with Gasteiger partial charge in [-0.2, -0.15) is 17.4 Å². The largest absolute Gasteiger partial charge is 0.465 e. The fourth-order valence-corrected chi connectivity index (χ4v) is 5.46. The van der Waals surface area contributed by atoms with Gasteiger partial charge in [0.15, 0.2) is 0 Å². The van der Waals surface area contributed by atoms with E-state index in [2.05, 4.69) is 10.0 Å². The molecule has 8 nitrogen and oxygen atoms in total. The zero-order chi connectivity index (χ0) is 26.0. The number of ether oxygens (including phenoxy) is 1. The van der Waals surface area contributed by atoms with Crippen LogP contribution in [0.1, 0.15) is 28.4 Å². The number of likely N-dealkylation sites (N-methyl/N-ethyl adjacent to an activating group) is 1. The Morgan fingerprint density at radius 3 is 2.47 bits per heavy atom. The number of benzene rings is 3. The lowest BCUT2D eigenvalue weighted by Gasteiger charge is -2.36. The minimum Gasteiger partial charge on any atom is -0.465 e. The van der Waals surface area contributed by atoms with E-state index in [1.807, 2.05) is 18.2 Å².